The van der Waals surface area contributed by atoms with Crippen molar-refractivity contribution in [3.05, 3.63) is 0 Å². The monoisotopic (exact) mass is 199 g/mol. The fourth-order valence-electron chi connectivity index (χ4n) is 1.67. The predicted molar refractivity (Wildman–Crippen MR) is 58.4 cm³/mol. The van der Waals surface area contributed by atoms with E-state index in [1.807, 2.05) is 0 Å². The van der Waals surface area contributed by atoms with Crippen LogP contribution in [-0.4, -0.2) is 43.7 Å². The molecule has 0 amide bonds. The summed E-state index contributed by atoms with van der Waals surface area (Å²) in [5.74, 6) is 0.675. The summed E-state index contributed by atoms with van der Waals surface area (Å²) in [5.41, 5.74) is 5.87. The molecule has 1 unspecified atom stereocenters. The van der Waals surface area contributed by atoms with Gasteiger partial charge < -0.3 is 15.4 Å². The van der Waals surface area contributed by atoms with E-state index in [2.05, 4.69) is 16.8 Å². The second-order valence-electron chi connectivity index (χ2n) is 3.69. The van der Waals surface area contributed by atoms with Gasteiger partial charge in [0.1, 0.15) is 0 Å². The van der Waals surface area contributed by atoms with Crippen LogP contribution in [0.5, 0.6) is 0 Å². The van der Waals surface area contributed by atoms with Crippen molar-refractivity contribution in [2.75, 3.05) is 26.7 Å². The fourth-order valence-corrected chi connectivity index (χ4v) is 1.67. The van der Waals surface area contributed by atoms with Gasteiger partial charge in [0.15, 0.2) is 5.96 Å². The van der Waals surface area contributed by atoms with E-state index >= 15 is 0 Å². The molecule has 0 radical (unpaired) electrons. The Morgan fingerprint density at radius 2 is 2.43 bits per heavy atom. The minimum Gasteiger partial charge on any atom is -0.380 e. The highest BCUT2D eigenvalue weighted by Gasteiger charge is 2.20. The van der Waals surface area contributed by atoms with Crippen molar-refractivity contribution >= 4 is 5.96 Å². The lowest BCUT2D eigenvalue weighted by atomic mass is 10.1. The summed E-state index contributed by atoms with van der Waals surface area (Å²) in [6.45, 7) is 4.82. The van der Waals surface area contributed by atoms with Crippen LogP contribution in [0.25, 0.3) is 0 Å². The lowest BCUT2D eigenvalue weighted by molar-refractivity contribution is 0.0532. The van der Waals surface area contributed by atoms with Gasteiger partial charge in [-0.3, -0.25) is 4.99 Å². The molecule has 1 heterocycles. The van der Waals surface area contributed by atoms with Crippen molar-refractivity contribution in [3.8, 4) is 0 Å². The van der Waals surface area contributed by atoms with E-state index in [4.69, 9.17) is 10.5 Å². The van der Waals surface area contributed by atoms with Crippen molar-refractivity contribution in [1.82, 2.24) is 4.90 Å². The molecule has 4 heteroatoms. The van der Waals surface area contributed by atoms with E-state index in [-0.39, 0.29) is 0 Å². The number of hydrogen-bond donors (Lipinski definition) is 1. The zero-order valence-corrected chi connectivity index (χ0v) is 9.20. The van der Waals surface area contributed by atoms with E-state index < -0.39 is 0 Å². The molecule has 1 rings (SSSR count). The molecule has 1 aliphatic heterocycles. The highest BCUT2D eigenvalue weighted by Crippen LogP contribution is 2.11. The van der Waals surface area contributed by atoms with Crippen molar-refractivity contribution in [2.45, 2.75) is 32.3 Å². The number of methoxy groups -OCH3 is 1. The Hall–Kier alpha value is -0.770. The molecule has 1 atom stereocenters. The minimum atomic E-state index is 0.319. The first-order valence-electron chi connectivity index (χ1n) is 5.35. The Morgan fingerprint density at radius 3 is 3.07 bits per heavy atom. The Kier molecular flexibility index (Phi) is 4.73. The van der Waals surface area contributed by atoms with E-state index in [1.54, 1.807) is 7.11 Å². The van der Waals surface area contributed by atoms with Crippen LogP contribution in [0, 0.1) is 0 Å². The molecule has 1 aliphatic rings. The quantitative estimate of drug-likeness (QED) is 0.541. The number of nitrogens with two attached hydrogens (primary N) is 1. The van der Waals surface area contributed by atoms with Crippen LogP contribution in [0.4, 0.5) is 0 Å². The van der Waals surface area contributed by atoms with E-state index in [9.17, 15) is 0 Å². The summed E-state index contributed by atoms with van der Waals surface area (Å²) in [6, 6.07) is 0. The lowest BCUT2D eigenvalue weighted by Crippen LogP contribution is -2.46. The summed E-state index contributed by atoms with van der Waals surface area (Å²) < 4.78 is 5.32. The maximum atomic E-state index is 5.87. The molecule has 14 heavy (non-hydrogen) atoms. The highest BCUT2D eigenvalue weighted by atomic mass is 16.5. The molecular weight excluding hydrogens is 178 g/mol. The maximum absolute atomic E-state index is 5.87. The topological polar surface area (TPSA) is 50.8 Å². The smallest absolute Gasteiger partial charge is 0.191 e. The largest absolute Gasteiger partial charge is 0.380 e. The van der Waals surface area contributed by atoms with E-state index in [1.165, 1.54) is 0 Å². The molecule has 0 spiro atoms. The molecule has 0 aromatic rings. The van der Waals surface area contributed by atoms with Crippen LogP contribution in [0.2, 0.25) is 0 Å². The maximum Gasteiger partial charge on any atom is 0.191 e. The molecule has 0 aliphatic carbocycles. The number of nitrogens with zero attached hydrogens (tertiary/aromatic N) is 2. The number of ether oxygens (including phenoxy) is 1. The van der Waals surface area contributed by atoms with Gasteiger partial charge in [0.2, 0.25) is 0 Å². The third-order valence-electron chi connectivity index (χ3n) is 2.53. The van der Waals surface area contributed by atoms with Crippen molar-refractivity contribution < 1.29 is 4.74 Å². The third-order valence-corrected chi connectivity index (χ3v) is 2.53. The van der Waals surface area contributed by atoms with E-state index in [0.717, 1.165) is 38.9 Å². The Bertz CT molecular complexity index is 194. The van der Waals surface area contributed by atoms with Gasteiger partial charge in [-0.1, -0.05) is 6.92 Å². The number of guanidine groups is 1. The molecule has 82 valence electrons. The van der Waals surface area contributed by atoms with Gasteiger partial charge in [0.05, 0.1) is 6.10 Å². The SMILES string of the molecule is CCCN=C(N)N1CCCC(OC)C1. The first-order chi connectivity index (χ1) is 6.77. The fraction of sp³-hybridized carbons (Fsp3) is 0.900. The lowest BCUT2D eigenvalue weighted by Gasteiger charge is -2.32. The first kappa shape index (κ1) is 11.3. The van der Waals surface area contributed by atoms with Crippen molar-refractivity contribution in [2.24, 2.45) is 10.7 Å². The predicted octanol–water partition coefficient (Wildman–Crippen LogP) is 0.822. The van der Waals surface area contributed by atoms with Gasteiger partial charge in [-0.2, -0.15) is 0 Å². The normalized spacial score (nSPS) is 24.0. The molecular formula is C10H21N3O. The number of rotatable bonds is 3. The summed E-state index contributed by atoms with van der Waals surface area (Å²) in [7, 11) is 1.76. The third kappa shape index (κ3) is 3.18. The average Bonchev–Trinajstić information content (AvgIpc) is 2.26. The van der Waals surface area contributed by atoms with Crippen LogP contribution >= 0.6 is 0 Å². The van der Waals surface area contributed by atoms with Crippen LogP contribution in [0.1, 0.15) is 26.2 Å². The molecule has 0 aromatic heterocycles. The summed E-state index contributed by atoms with van der Waals surface area (Å²) in [5, 5.41) is 0. The molecule has 1 fully saturated rings. The number of hydrogen-bond acceptors (Lipinski definition) is 2. The van der Waals surface area contributed by atoms with Crippen LogP contribution in [0.3, 0.4) is 0 Å². The first-order valence-corrected chi connectivity index (χ1v) is 5.35. The Labute approximate surface area is 86.1 Å². The van der Waals surface area contributed by atoms with Crippen LogP contribution in [0.15, 0.2) is 4.99 Å². The zero-order chi connectivity index (χ0) is 10.4. The molecule has 0 bridgehead atoms. The van der Waals surface area contributed by atoms with Gasteiger partial charge in [0.25, 0.3) is 0 Å². The van der Waals surface area contributed by atoms with Gasteiger partial charge in [-0.25, -0.2) is 0 Å². The zero-order valence-electron chi connectivity index (χ0n) is 9.20. The number of aliphatic imine (C=N–C) groups is 1. The summed E-state index contributed by atoms with van der Waals surface area (Å²) in [4.78, 5) is 6.42. The Balaban J connectivity index is 2.42. The minimum absolute atomic E-state index is 0.319. The Morgan fingerprint density at radius 1 is 1.64 bits per heavy atom. The van der Waals surface area contributed by atoms with Gasteiger partial charge >= 0.3 is 0 Å². The molecule has 0 aromatic carbocycles. The number of piperidine rings is 1. The van der Waals surface area contributed by atoms with Crippen molar-refractivity contribution in [1.29, 1.82) is 0 Å². The van der Waals surface area contributed by atoms with Crippen LogP contribution < -0.4 is 5.73 Å². The highest BCUT2D eigenvalue weighted by molar-refractivity contribution is 5.78. The van der Waals surface area contributed by atoms with Gasteiger partial charge in [-0.05, 0) is 19.3 Å². The van der Waals surface area contributed by atoms with Crippen molar-refractivity contribution in [3.63, 3.8) is 0 Å². The van der Waals surface area contributed by atoms with E-state index in [0.29, 0.717) is 12.1 Å². The second-order valence-corrected chi connectivity index (χ2v) is 3.69. The standard InChI is InChI=1S/C10H21N3O/c1-3-6-12-10(11)13-7-4-5-9(8-13)14-2/h9H,3-8H2,1-2H3,(H2,11,12). The molecule has 0 saturated carbocycles. The van der Waals surface area contributed by atoms with Gasteiger partial charge in [-0.15, -0.1) is 0 Å². The summed E-state index contributed by atoms with van der Waals surface area (Å²) >= 11 is 0. The average molecular weight is 199 g/mol. The number of likely N-dealkylation sites (tertiary alicyclic amines) is 1. The van der Waals surface area contributed by atoms with Gasteiger partial charge in [0, 0.05) is 26.7 Å². The molecule has 1 saturated heterocycles. The van der Waals surface area contributed by atoms with Crippen LogP contribution in [-0.2, 0) is 4.74 Å². The summed E-state index contributed by atoms with van der Waals surface area (Å²) in [6.07, 6.45) is 3.64. The molecule has 4 nitrogen and oxygen atoms in total. The second kappa shape index (κ2) is 5.86. The molecule has 2 N–H and O–H groups in total.